The van der Waals surface area contributed by atoms with E-state index in [1.54, 1.807) is 37.4 Å². The highest BCUT2D eigenvalue weighted by atomic mass is 16.6. The number of methoxy groups -OCH3 is 1. The van der Waals surface area contributed by atoms with Crippen LogP contribution in [0.2, 0.25) is 0 Å². The molecule has 7 heteroatoms. The molecule has 0 bridgehead atoms. The molecule has 130 valence electrons. The van der Waals surface area contributed by atoms with E-state index in [-0.39, 0.29) is 12.5 Å². The number of ether oxygens (including phenoxy) is 4. The van der Waals surface area contributed by atoms with Crippen molar-refractivity contribution >= 4 is 12.1 Å². The molecule has 0 fully saturated rings. The lowest BCUT2D eigenvalue weighted by atomic mass is 10.2. The Hall–Kier alpha value is -3.22. The molecule has 1 aliphatic rings. The first-order chi connectivity index (χ1) is 12.2. The number of hydrogen-bond acceptors (Lipinski definition) is 6. The van der Waals surface area contributed by atoms with Crippen LogP contribution in [-0.2, 0) is 4.79 Å². The van der Waals surface area contributed by atoms with Crippen LogP contribution >= 0.6 is 0 Å². The number of nitrogens with zero attached hydrogens (tertiary/aromatic N) is 1. The summed E-state index contributed by atoms with van der Waals surface area (Å²) >= 11 is 0. The number of hydrogen-bond donors (Lipinski definition) is 1. The molecule has 1 heterocycles. The molecule has 1 amide bonds. The van der Waals surface area contributed by atoms with Gasteiger partial charge in [-0.2, -0.15) is 5.10 Å². The molecule has 25 heavy (non-hydrogen) atoms. The third-order valence-corrected chi connectivity index (χ3v) is 3.40. The van der Waals surface area contributed by atoms with Crippen molar-refractivity contribution in [2.45, 2.75) is 0 Å². The Morgan fingerprint density at radius 1 is 1.12 bits per heavy atom. The Kier molecular flexibility index (Phi) is 5.36. The summed E-state index contributed by atoms with van der Waals surface area (Å²) in [6.45, 7) is 0.933. The maximum absolute atomic E-state index is 11.7. The normalized spacial score (nSPS) is 12.7. The fourth-order valence-corrected chi connectivity index (χ4v) is 2.17. The van der Waals surface area contributed by atoms with Crippen molar-refractivity contribution in [2.24, 2.45) is 5.10 Å². The van der Waals surface area contributed by atoms with Gasteiger partial charge in [0.05, 0.1) is 13.3 Å². The number of carbonyl (C=O) groups excluding carboxylic acids is 1. The van der Waals surface area contributed by atoms with Crippen LogP contribution in [0.1, 0.15) is 5.56 Å². The SMILES string of the molecule is COc1ccc(OCC(=O)NN=Cc2ccc3c(c2)OCCO3)cc1. The largest absolute Gasteiger partial charge is 0.497 e. The standard InChI is InChI=1S/C18H18N2O5/c1-22-14-3-5-15(6-4-14)25-12-18(21)20-19-11-13-2-7-16-17(10-13)24-9-8-23-16/h2-7,10-11H,8-9,12H2,1H3,(H,20,21). The molecule has 3 rings (SSSR count). The van der Waals surface area contributed by atoms with Gasteiger partial charge in [-0.15, -0.1) is 0 Å². The molecule has 1 aliphatic heterocycles. The minimum absolute atomic E-state index is 0.134. The summed E-state index contributed by atoms with van der Waals surface area (Å²) < 4.78 is 21.4. The molecule has 0 unspecified atom stereocenters. The first-order valence-electron chi connectivity index (χ1n) is 7.73. The highest BCUT2D eigenvalue weighted by Gasteiger charge is 2.10. The van der Waals surface area contributed by atoms with Gasteiger partial charge >= 0.3 is 0 Å². The quantitative estimate of drug-likeness (QED) is 0.642. The topological polar surface area (TPSA) is 78.4 Å². The Bertz CT molecular complexity index is 759. The highest BCUT2D eigenvalue weighted by Crippen LogP contribution is 2.30. The number of nitrogens with one attached hydrogen (secondary N) is 1. The maximum Gasteiger partial charge on any atom is 0.277 e. The van der Waals surface area contributed by atoms with Crippen LogP contribution in [0.25, 0.3) is 0 Å². The summed E-state index contributed by atoms with van der Waals surface area (Å²) in [5.74, 6) is 2.32. The Balaban J connectivity index is 1.47. The Morgan fingerprint density at radius 2 is 1.84 bits per heavy atom. The number of rotatable bonds is 6. The lowest BCUT2D eigenvalue weighted by molar-refractivity contribution is -0.123. The molecule has 2 aromatic rings. The van der Waals surface area contributed by atoms with Gasteiger partial charge in [0.15, 0.2) is 18.1 Å². The minimum Gasteiger partial charge on any atom is -0.497 e. The second-order valence-corrected chi connectivity index (χ2v) is 5.16. The summed E-state index contributed by atoms with van der Waals surface area (Å²) in [5.41, 5.74) is 3.21. The minimum atomic E-state index is -0.357. The van der Waals surface area contributed by atoms with E-state index in [1.165, 1.54) is 6.21 Å². The second kappa shape index (κ2) is 8.05. The van der Waals surface area contributed by atoms with Crippen LogP contribution in [0.15, 0.2) is 47.6 Å². The van der Waals surface area contributed by atoms with E-state index in [4.69, 9.17) is 18.9 Å². The third kappa shape index (κ3) is 4.63. The number of hydrazone groups is 1. The van der Waals surface area contributed by atoms with Gasteiger partial charge in [0.2, 0.25) is 0 Å². The van der Waals surface area contributed by atoms with Crippen LogP contribution in [0.3, 0.4) is 0 Å². The van der Waals surface area contributed by atoms with E-state index in [0.717, 1.165) is 11.3 Å². The van der Waals surface area contributed by atoms with Gasteiger partial charge in [0, 0.05) is 0 Å². The van der Waals surface area contributed by atoms with E-state index in [2.05, 4.69) is 10.5 Å². The zero-order chi connectivity index (χ0) is 17.5. The molecule has 0 radical (unpaired) electrons. The summed E-state index contributed by atoms with van der Waals surface area (Å²) in [4.78, 5) is 11.7. The molecule has 0 spiro atoms. The first kappa shape index (κ1) is 16.6. The zero-order valence-corrected chi connectivity index (χ0v) is 13.7. The summed E-state index contributed by atoms with van der Waals surface area (Å²) in [6, 6.07) is 12.4. The van der Waals surface area contributed by atoms with Gasteiger partial charge in [0.25, 0.3) is 5.91 Å². The lowest BCUT2D eigenvalue weighted by Crippen LogP contribution is -2.24. The zero-order valence-electron chi connectivity index (χ0n) is 13.7. The van der Waals surface area contributed by atoms with Crippen molar-refractivity contribution in [3.8, 4) is 23.0 Å². The molecule has 0 saturated heterocycles. The van der Waals surface area contributed by atoms with Gasteiger partial charge < -0.3 is 18.9 Å². The van der Waals surface area contributed by atoms with Crippen molar-refractivity contribution in [3.63, 3.8) is 0 Å². The number of amides is 1. The number of carbonyl (C=O) groups is 1. The van der Waals surface area contributed by atoms with Crippen LogP contribution in [-0.4, -0.2) is 39.1 Å². The van der Waals surface area contributed by atoms with E-state index in [9.17, 15) is 4.79 Å². The molecule has 0 atom stereocenters. The molecular weight excluding hydrogens is 324 g/mol. The molecular formula is C18H18N2O5. The van der Waals surface area contributed by atoms with Gasteiger partial charge in [-0.25, -0.2) is 5.43 Å². The molecule has 1 N–H and O–H groups in total. The van der Waals surface area contributed by atoms with Crippen molar-refractivity contribution in [1.29, 1.82) is 0 Å². The van der Waals surface area contributed by atoms with Crippen LogP contribution in [0.5, 0.6) is 23.0 Å². The predicted molar refractivity (Wildman–Crippen MR) is 91.7 cm³/mol. The monoisotopic (exact) mass is 342 g/mol. The fourth-order valence-electron chi connectivity index (χ4n) is 2.17. The second-order valence-electron chi connectivity index (χ2n) is 5.16. The molecule has 0 aliphatic carbocycles. The predicted octanol–water partition coefficient (Wildman–Crippen LogP) is 2.00. The summed E-state index contributed by atoms with van der Waals surface area (Å²) in [7, 11) is 1.59. The highest BCUT2D eigenvalue weighted by molar-refractivity contribution is 5.83. The maximum atomic E-state index is 11.7. The van der Waals surface area contributed by atoms with Gasteiger partial charge in [-0.1, -0.05) is 0 Å². The Labute approximate surface area is 145 Å². The summed E-state index contributed by atoms with van der Waals surface area (Å²) in [6.07, 6.45) is 1.53. The summed E-state index contributed by atoms with van der Waals surface area (Å²) in [5, 5.41) is 3.91. The van der Waals surface area contributed by atoms with Gasteiger partial charge in [0.1, 0.15) is 24.7 Å². The first-order valence-corrected chi connectivity index (χ1v) is 7.73. The van der Waals surface area contributed by atoms with E-state index < -0.39 is 0 Å². The van der Waals surface area contributed by atoms with E-state index in [1.807, 2.05) is 12.1 Å². The fraction of sp³-hybridized carbons (Fsp3) is 0.222. The molecule has 7 nitrogen and oxygen atoms in total. The Morgan fingerprint density at radius 3 is 2.60 bits per heavy atom. The van der Waals surface area contributed by atoms with Crippen molar-refractivity contribution in [2.75, 3.05) is 26.9 Å². The molecule has 2 aromatic carbocycles. The molecule has 0 aromatic heterocycles. The van der Waals surface area contributed by atoms with Crippen LogP contribution in [0.4, 0.5) is 0 Å². The lowest BCUT2D eigenvalue weighted by Gasteiger charge is -2.18. The van der Waals surface area contributed by atoms with E-state index >= 15 is 0 Å². The molecule has 0 saturated carbocycles. The van der Waals surface area contributed by atoms with Crippen LogP contribution in [0, 0.1) is 0 Å². The third-order valence-electron chi connectivity index (χ3n) is 3.40. The smallest absolute Gasteiger partial charge is 0.277 e. The van der Waals surface area contributed by atoms with Crippen molar-refractivity contribution < 1.29 is 23.7 Å². The van der Waals surface area contributed by atoms with E-state index in [0.29, 0.717) is 30.5 Å². The van der Waals surface area contributed by atoms with Crippen molar-refractivity contribution in [1.82, 2.24) is 5.43 Å². The average Bonchev–Trinajstić information content (AvgIpc) is 2.66. The van der Waals surface area contributed by atoms with Gasteiger partial charge in [-0.3, -0.25) is 4.79 Å². The van der Waals surface area contributed by atoms with Gasteiger partial charge in [-0.05, 0) is 48.0 Å². The average molecular weight is 342 g/mol. The van der Waals surface area contributed by atoms with Crippen LogP contribution < -0.4 is 24.4 Å². The number of fused-ring (bicyclic) bond motifs is 1. The number of benzene rings is 2. The van der Waals surface area contributed by atoms with Crippen molar-refractivity contribution in [3.05, 3.63) is 48.0 Å².